The molecular weight excluding hydrogens is 497 g/mol. The third-order valence-corrected chi connectivity index (χ3v) is 10.7. The van der Waals surface area contributed by atoms with Crippen molar-refractivity contribution in [2.75, 3.05) is 13.2 Å². The van der Waals surface area contributed by atoms with Gasteiger partial charge in [0.15, 0.2) is 0 Å². The van der Waals surface area contributed by atoms with E-state index in [0.29, 0.717) is 25.7 Å². The second-order valence-corrected chi connectivity index (χ2v) is 12.9. The fourth-order valence-electron chi connectivity index (χ4n) is 5.96. The largest absolute Gasteiger partial charge is 0.394 e. The van der Waals surface area contributed by atoms with E-state index < -0.39 is 81.7 Å². The van der Waals surface area contributed by atoms with Crippen molar-refractivity contribution in [1.29, 1.82) is 0 Å². The molecule has 4 aliphatic rings. The number of carbonyl (C=O) groups excluding carboxylic acids is 1. The Hall–Kier alpha value is -0.620. The monoisotopic (exact) mass is 530 g/mol. The topological polar surface area (TPSA) is 95.9 Å². The maximum atomic E-state index is 14.4. The first-order valence-electron chi connectivity index (χ1n) is 12.3. The van der Waals surface area contributed by atoms with E-state index in [1.807, 2.05) is 0 Å². The van der Waals surface area contributed by atoms with Crippen molar-refractivity contribution in [2.45, 2.75) is 111 Å². The molecule has 34 heavy (non-hydrogen) atoms. The SMILES string of the molecule is O=C(NC1CCC2O[C@H](CO)CN(S(=O)(=O)C3CCC(F)C(F)C3)C2C1)C1C(F)CCCC1Cl. The first-order valence-corrected chi connectivity index (χ1v) is 14.2. The molecule has 1 amide bonds. The fraction of sp³-hybridized carbons (Fsp3) is 0.955. The van der Waals surface area contributed by atoms with Gasteiger partial charge in [-0.15, -0.1) is 11.6 Å². The van der Waals surface area contributed by atoms with Crippen molar-refractivity contribution in [3.8, 4) is 0 Å². The van der Waals surface area contributed by atoms with E-state index in [4.69, 9.17) is 16.3 Å². The van der Waals surface area contributed by atoms with Crippen molar-refractivity contribution in [1.82, 2.24) is 9.62 Å². The van der Waals surface area contributed by atoms with Gasteiger partial charge in [-0.2, -0.15) is 4.31 Å². The highest BCUT2D eigenvalue weighted by atomic mass is 35.5. The first-order chi connectivity index (χ1) is 16.1. The van der Waals surface area contributed by atoms with E-state index in [1.54, 1.807) is 0 Å². The van der Waals surface area contributed by atoms with Gasteiger partial charge in [0.25, 0.3) is 0 Å². The van der Waals surface area contributed by atoms with Crippen LogP contribution in [0.5, 0.6) is 0 Å². The zero-order chi connectivity index (χ0) is 24.6. The average Bonchev–Trinajstić information content (AvgIpc) is 2.79. The summed E-state index contributed by atoms with van der Waals surface area (Å²) in [7, 11) is -4.00. The van der Waals surface area contributed by atoms with Gasteiger partial charge in [0.05, 0.1) is 36.0 Å². The van der Waals surface area contributed by atoms with Gasteiger partial charge in [0, 0.05) is 18.0 Å². The summed E-state index contributed by atoms with van der Waals surface area (Å²) in [4.78, 5) is 12.8. The summed E-state index contributed by atoms with van der Waals surface area (Å²) in [6, 6.07) is -1.01. The van der Waals surface area contributed by atoms with Crippen LogP contribution in [0.2, 0.25) is 0 Å². The summed E-state index contributed by atoms with van der Waals surface area (Å²) < 4.78 is 76.3. The maximum absolute atomic E-state index is 14.4. The molecule has 9 unspecified atom stereocenters. The molecular formula is C22H34ClF3N2O5S. The summed E-state index contributed by atoms with van der Waals surface area (Å²) in [5.74, 6) is -1.40. The van der Waals surface area contributed by atoms with Crippen molar-refractivity contribution in [3.63, 3.8) is 0 Å². The lowest BCUT2D eigenvalue weighted by Crippen LogP contribution is -2.63. The molecule has 7 nitrogen and oxygen atoms in total. The number of fused-ring (bicyclic) bond motifs is 1. The summed E-state index contributed by atoms with van der Waals surface area (Å²) >= 11 is 6.23. The normalized spacial score (nSPS) is 44.3. The number of hydrogen-bond acceptors (Lipinski definition) is 5. The minimum absolute atomic E-state index is 0.0271. The second-order valence-electron chi connectivity index (χ2n) is 10.1. The molecule has 1 saturated heterocycles. The second kappa shape index (κ2) is 10.8. The van der Waals surface area contributed by atoms with Gasteiger partial charge in [0.1, 0.15) is 18.5 Å². The Morgan fingerprint density at radius 1 is 1.03 bits per heavy atom. The molecule has 0 aromatic rings. The van der Waals surface area contributed by atoms with Gasteiger partial charge in [0.2, 0.25) is 15.9 Å². The van der Waals surface area contributed by atoms with Gasteiger partial charge in [-0.05, 0) is 57.8 Å². The van der Waals surface area contributed by atoms with Crippen LogP contribution in [0.4, 0.5) is 13.2 Å². The van der Waals surface area contributed by atoms with Crippen LogP contribution in [0.1, 0.15) is 57.8 Å². The quantitative estimate of drug-likeness (QED) is 0.532. The molecule has 2 N–H and O–H groups in total. The van der Waals surface area contributed by atoms with E-state index in [-0.39, 0.29) is 38.8 Å². The number of rotatable bonds is 5. The Bertz CT molecular complexity index is 829. The van der Waals surface area contributed by atoms with Gasteiger partial charge < -0.3 is 15.2 Å². The maximum Gasteiger partial charge on any atom is 0.227 e. The lowest BCUT2D eigenvalue weighted by atomic mass is 9.84. The summed E-state index contributed by atoms with van der Waals surface area (Å²) in [6.07, 6.45) is -3.85. The van der Waals surface area contributed by atoms with E-state index in [2.05, 4.69) is 5.32 Å². The van der Waals surface area contributed by atoms with Crippen LogP contribution >= 0.6 is 11.6 Å². The molecule has 0 radical (unpaired) electrons. The number of nitrogens with zero attached hydrogens (tertiary/aromatic N) is 1. The van der Waals surface area contributed by atoms with Gasteiger partial charge in [-0.3, -0.25) is 4.79 Å². The molecule has 4 rings (SSSR count). The fourth-order valence-corrected chi connectivity index (χ4v) is 8.60. The van der Waals surface area contributed by atoms with Gasteiger partial charge >= 0.3 is 0 Å². The Morgan fingerprint density at radius 2 is 1.79 bits per heavy atom. The predicted octanol–water partition coefficient (Wildman–Crippen LogP) is 2.39. The number of aliphatic hydroxyl groups is 1. The summed E-state index contributed by atoms with van der Waals surface area (Å²) in [5.41, 5.74) is 0. The van der Waals surface area contributed by atoms with E-state index >= 15 is 0 Å². The molecule has 3 saturated carbocycles. The third-order valence-electron chi connectivity index (χ3n) is 7.86. The minimum Gasteiger partial charge on any atom is -0.394 e. The van der Waals surface area contributed by atoms with Crippen molar-refractivity contribution in [2.24, 2.45) is 5.92 Å². The highest BCUT2D eigenvalue weighted by Crippen LogP contribution is 2.38. The predicted molar refractivity (Wildman–Crippen MR) is 120 cm³/mol. The van der Waals surface area contributed by atoms with Crippen molar-refractivity contribution >= 4 is 27.5 Å². The number of sulfonamides is 1. The van der Waals surface area contributed by atoms with Crippen LogP contribution < -0.4 is 5.32 Å². The lowest BCUT2D eigenvalue weighted by molar-refractivity contribution is -0.135. The van der Waals surface area contributed by atoms with Crippen LogP contribution in [0, 0.1) is 5.92 Å². The Morgan fingerprint density at radius 3 is 2.47 bits per heavy atom. The summed E-state index contributed by atoms with van der Waals surface area (Å²) in [5, 5.41) is 10.9. The van der Waals surface area contributed by atoms with Crippen molar-refractivity contribution in [3.05, 3.63) is 0 Å². The van der Waals surface area contributed by atoms with Gasteiger partial charge in [-0.25, -0.2) is 21.6 Å². The standard InChI is InChI=1S/C22H34ClF3N2O5S/c23-15-2-1-3-17(25)21(15)22(30)27-12-4-7-20-19(8-12)28(10-13(11-29)33-20)34(31,32)14-5-6-16(24)18(26)9-14/h12-21,29H,1-11H2,(H,27,30)/t12?,13-,14?,15?,16?,17?,18?,19?,20?,21?/m0/s1. The van der Waals surface area contributed by atoms with E-state index in [0.717, 1.165) is 0 Å². The van der Waals surface area contributed by atoms with Crippen molar-refractivity contribution < 1.29 is 36.2 Å². The number of nitrogens with one attached hydrogen (secondary N) is 1. The third kappa shape index (κ3) is 5.38. The number of hydrogen-bond donors (Lipinski definition) is 2. The van der Waals surface area contributed by atoms with Crippen LogP contribution in [0.15, 0.2) is 0 Å². The van der Waals surface area contributed by atoms with Gasteiger partial charge in [-0.1, -0.05) is 0 Å². The molecule has 0 bridgehead atoms. The molecule has 4 fully saturated rings. The molecule has 0 spiro atoms. The molecule has 1 aliphatic heterocycles. The number of ether oxygens (including phenoxy) is 1. The van der Waals surface area contributed by atoms with Crippen LogP contribution in [0.25, 0.3) is 0 Å². The van der Waals surface area contributed by atoms with Crippen LogP contribution in [0.3, 0.4) is 0 Å². The number of carbonyl (C=O) groups is 1. The number of amides is 1. The smallest absolute Gasteiger partial charge is 0.227 e. The number of halogens is 4. The molecule has 3 aliphatic carbocycles. The molecule has 10 atom stereocenters. The molecule has 1 heterocycles. The highest BCUT2D eigenvalue weighted by molar-refractivity contribution is 7.89. The number of aliphatic hydroxyl groups excluding tert-OH is 1. The number of alkyl halides is 4. The average molecular weight is 531 g/mol. The highest BCUT2D eigenvalue weighted by Gasteiger charge is 2.50. The first kappa shape index (κ1) is 26.4. The Kier molecular flexibility index (Phi) is 8.39. The molecule has 0 aromatic heterocycles. The van der Waals surface area contributed by atoms with Crippen LogP contribution in [-0.2, 0) is 19.6 Å². The lowest BCUT2D eigenvalue weighted by Gasteiger charge is -2.49. The molecule has 12 heteroatoms. The summed E-state index contributed by atoms with van der Waals surface area (Å²) in [6.45, 7) is -0.457. The Labute approximate surface area is 203 Å². The van der Waals surface area contributed by atoms with E-state index in [9.17, 15) is 31.5 Å². The molecule has 196 valence electrons. The Balaban J connectivity index is 1.48. The van der Waals surface area contributed by atoms with Crippen LogP contribution in [-0.4, -0.2) is 90.3 Å². The minimum atomic E-state index is -4.00. The van der Waals surface area contributed by atoms with E-state index in [1.165, 1.54) is 4.31 Å². The molecule has 0 aromatic carbocycles. The zero-order valence-electron chi connectivity index (χ0n) is 19.0. The number of morpholine rings is 1. The zero-order valence-corrected chi connectivity index (χ0v) is 20.6.